The van der Waals surface area contributed by atoms with Crippen molar-refractivity contribution in [3.05, 3.63) is 78.5 Å². The molecule has 12 heteroatoms. The lowest BCUT2D eigenvalue weighted by molar-refractivity contribution is 0.600. The molecule has 0 atom stereocenters. The summed E-state index contributed by atoms with van der Waals surface area (Å²) >= 11 is 0. The van der Waals surface area contributed by atoms with Crippen molar-refractivity contribution >= 4 is 31.8 Å². The van der Waals surface area contributed by atoms with Crippen molar-refractivity contribution in [3.8, 4) is 33.9 Å². The summed E-state index contributed by atoms with van der Waals surface area (Å²) in [5, 5.41) is 7.39. The number of aryl methyl sites for hydroxylation is 1. The number of aromatic amines is 2. The van der Waals surface area contributed by atoms with E-state index in [1.165, 1.54) is 30.9 Å². The average Bonchev–Trinajstić information content (AvgIpc) is 3.52. The zero-order chi connectivity index (χ0) is 26.4. The summed E-state index contributed by atoms with van der Waals surface area (Å²) < 4.78 is 53.4. The number of hydrogen-bond donors (Lipinski definition) is 2. The summed E-state index contributed by atoms with van der Waals surface area (Å²) in [6, 6.07) is 9.37. The SMILES string of the molecule is CS(=O)(=O)CCc1cc(F)cc(-c2nccc3[nH]c(-c4n[nH]c5ccc(-c6cncnc6)c(F)c45)nc23)c1. The molecule has 0 amide bonds. The molecule has 0 radical (unpaired) electrons. The van der Waals surface area contributed by atoms with Crippen LogP contribution in [0.4, 0.5) is 8.78 Å². The predicted octanol–water partition coefficient (Wildman–Crippen LogP) is 4.49. The molecule has 0 aliphatic heterocycles. The first kappa shape index (κ1) is 23.8. The maximum absolute atomic E-state index is 15.7. The normalized spacial score (nSPS) is 12.0. The number of aromatic nitrogens is 7. The molecule has 6 rings (SSSR count). The quantitative estimate of drug-likeness (QED) is 0.324. The number of nitrogens with one attached hydrogen (secondary N) is 2. The van der Waals surface area contributed by atoms with Crippen LogP contribution in [0, 0.1) is 11.6 Å². The van der Waals surface area contributed by atoms with E-state index in [-0.39, 0.29) is 23.3 Å². The van der Waals surface area contributed by atoms with Crippen LogP contribution in [0.5, 0.6) is 0 Å². The highest BCUT2D eigenvalue weighted by atomic mass is 32.2. The van der Waals surface area contributed by atoms with E-state index < -0.39 is 21.5 Å². The molecule has 2 aromatic carbocycles. The van der Waals surface area contributed by atoms with E-state index in [9.17, 15) is 12.8 Å². The molecule has 0 spiro atoms. The van der Waals surface area contributed by atoms with Gasteiger partial charge in [0.1, 0.15) is 39.0 Å². The van der Waals surface area contributed by atoms with Crippen LogP contribution in [0.25, 0.3) is 55.8 Å². The fraction of sp³-hybridized carbons (Fsp3) is 0.115. The van der Waals surface area contributed by atoms with Crippen molar-refractivity contribution in [2.24, 2.45) is 0 Å². The maximum Gasteiger partial charge on any atom is 0.159 e. The second-order valence-electron chi connectivity index (χ2n) is 8.92. The minimum Gasteiger partial charge on any atom is -0.336 e. The molecule has 0 bridgehead atoms. The van der Waals surface area contributed by atoms with Gasteiger partial charge in [-0.05, 0) is 48.4 Å². The molecular formula is C26H19F2N7O2S. The van der Waals surface area contributed by atoms with Gasteiger partial charge < -0.3 is 4.98 Å². The molecule has 4 aromatic heterocycles. The van der Waals surface area contributed by atoms with Crippen molar-refractivity contribution in [1.29, 1.82) is 0 Å². The van der Waals surface area contributed by atoms with Crippen LogP contribution in [0.3, 0.4) is 0 Å². The zero-order valence-corrected chi connectivity index (χ0v) is 20.7. The van der Waals surface area contributed by atoms with Crippen molar-refractivity contribution in [3.63, 3.8) is 0 Å². The topological polar surface area (TPSA) is 130 Å². The Kier molecular flexibility index (Phi) is 5.68. The van der Waals surface area contributed by atoms with Gasteiger partial charge in [0, 0.05) is 41.5 Å². The van der Waals surface area contributed by atoms with E-state index in [1.54, 1.807) is 30.5 Å². The molecular weight excluding hydrogens is 512 g/mol. The molecule has 0 aliphatic rings. The molecule has 4 heterocycles. The van der Waals surface area contributed by atoms with Crippen LogP contribution in [0.1, 0.15) is 5.56 Å². The highest BCUT2D eigenvalue weighted by Crippen LogP contribution is 2.35. The summed E-state index contributed by atoms with van der Waals surface area (Å²) in [4.78, 5) is 20.2. The molecule has 6 aromatic rings. The van der Waals surface area contributed by atoms with Crippen LogP contribution < -0.4 is 0 Å². The van der Waals surface area contributed by atoms with Gasteiger partial charge in [-0.25, -0.2) is 32.2 Å². The van der Waals surface area contributed by atoms with Gasteiger partial charge >= 0.3 is 0 Å². The van der Waals surface area contributed by atoms with Crippen molar-refractivity contribution in [2.75, 3.05) is 12.0 Å². The Balaban J connectivity index is 1.46. The number of H-pyrrole nitrogens is 2. The Labute approximate surface area is 215 Å². The molecule has 0 fully saturated rings. The second-order valence-corrected chi connectivity index (χ2v) is 11.2. The average molecular weight is 532 g/mol. The fourth-order valence-corrected chi connectivity index (χ4v) is 5.01. The lowest BCUT2D eigenvalue weighted by Crippen LogP contribution is -2.06. The third-order valence-corrected chi connectivity index (χ3v) is 7.10. The lowest BCUT2D eigenvalue weighted by Gasteiger charge is -2.06. The summed E-state index contributed by atoms with van der Waals surface area (Å²) in [5.74, 6) is -0.817. The van der Waals surface area contributed by atoms with Crippen LogP contribution >= 0.6 is 0 Å². The summed E-state index contributed by atoms with van der Waals surface area (Å²) in [5.41, 5.74) is 3.99. The third kappa shape index (κ3) is 4.39. The molecule has 9 nitrogen and oxygen atoms in total. The Hall–Kier alpha value is -4.58. The number of nitrogens with zero attached hydrogens (tertiary/aromatic N) is 5. The minimum absolute atomic E-state index is 0.102. The molecule has 190 valence electrons. The van der Waals surface area contributed by atoms with Crippen molar-refractivity contribution in [2.45, 2.75) is 6.42 Å². The first-order chi connectivity index (χ1) is 18.3. The van der Waals surface area contributed by atoms with Crippen molar-refractivity contribution in [1.82, 2.24) is 35.1 Å². The number of fused-ring (bicyclic) bond motifs is 2. The summed E-state index contributed by atoms with van der Waals surface area (Å²) in [6.45, 7) is 0. The van der Waals surface area contributed by atoms with Crippen LogP contribution in [0.15, 0.2) is 61.3 Å². The predicted molar refractivity (Wildman–Crippen MR) is 139 cm³/mol. The van der Waals surface area contributed by atoms with Gasteiger partial charge in [0.2, 0.25) is 0 Å². The summed E-state index contributed by atoms with van der Waals surface area (Å²) in [6.07, 6.45) is 7.28. The van der Waals surface area contributed by atoms with Crippen LogP contribution in [0.2, 0.25) is 0 Å². The van der Waals surface area contributed by atoms with Gasteiger partial charge in [0.15, 0.2) is 5.82 Å². The Morgan fingerprint density at radius 2 is 1.76 bits per heavy atom. The fourth-order valence-electron chi connectivity index (χ4n) is 4.40. The molecule has 2 N–H and O–H groups in total. The van der Waals surface area contributed by atoms with E-state index in [0.29, 0.717) is 50.3 Å². The van der Waals surface area contributed by atoms with Crippen molar-refractivity contribution < 1.29 is 17.2 Å². The largest absolute Gasteiger partial charge is 0.336 e. The van der Waals surface area contributed by atoms with Gasteiger partial charge in [0.05, 0.1) is 27.9 Å². The first-order valence-electron chi connectivity index (χ1n) is 11.5. The highest BCUT2D eigenvalue weighted by molar-refractivity contribution is 7.90. The van der Waals surface area contributed by atoms with Crippen LogP contribution in [-0.4, -0.2) is 55.5 Å². The van der Waals surface area contributed by atoms with Gasteiger partial charge in [0.25, 0.3) is 0 Å². The number of benzene rings is 2. The van der Waals surface area contributed by atoms with Gasteiger partial charge in [-0.2, -0.15) is 5.10 Å². The highest BCUT2D eigenvalue weighted by Gasteiger charge is 2.21. The van der Waals surface area contributed by atoms with E-state index in [4.69, 9.17) is 0 Å². The third-order valence-electron chi connectivity index (χ3n) is 6.16. The molecule has 0 saturated carbocycles. The van der Waals surface area contributed by atoms with Crippen LogP contribution in [-0.2, 0) is 16.3 Å². The number of halogens is 2. The zero-order valence-electron chi connectivity index (χ0n) is 19.9. The Morgan fingerprint density at radius 1 is 0.947 bits per heavy atom. The molecule has 0 saturated heterocycles. The molecule has 0 aliphatic carbocycles. The standard InChI is InChI=1S/C26H19F2N7O2S/c1-38(36,37)7-5-14-8-15(10-17(27)9-14)23-24-20(4-6-31-23)32-26(33-24)25-21-19(34-35-25)3-2-18(22(21)28)16-11-29-13-30-12-16/h2-4,6,8-13H,5,7H2,1H3,(H,32,33)(H,34,35). The van der Waals surface area contributed by atoms with Gasteiger partial charge in [-0.15, -0.1) is 0 Å². The number of pyridine rings is 1. The Morgan fingerprint density at radius 3 is 2.55 bits per heavy atom. The molecule has 38 heavy (non-hydrogen) atoms. The number of rotatable bonds is 6. The Bertz CT molecular complexity index is 1940. The van der Waals surface area contributed by atoms with E-state index in [0.717, 1.165) is 6.26 Å². The minimum atomic E-state index is -3.21. The van der Waals surface area contributed by atoms with E-state index in [2.05, 4.69) is 35.1 Å². The maximum atomic E-state index is 15.7. The number of imidazole rings is 1. The smallest absolute Gasteiger partial charge is 0.159 e. The number of sulfone groups is 1. The van der Waals surface area contributed by atoms with Gasteiger partial charge in [-0.3, -0.25) is 10.1 Å². The lowest BCUT2D eigenvalue weighted by atomic mass is 10.0. The molecule has 0 unspecified atom stereocenters. The first-order valence-corrected chi connectivity index (χ1v) is 13.6. The number of hydrogen-bond acceptors (Lipinski definition) is 7. The van der Waals surface area contributed by atoms with Gasteiger partial charge in [-0.1, -0.05) is 0 Å². The monoisotopic (exact) mass is 531 g/mol. The van der Waals surface area contributed by atoms with E-state index >= 15 is 4.39 Å². The van der Waals surface area contributed by atoms with E-state index in [1.807, 2.05) is 0 Å². The second kappa shape index (κ2) is 9.06. The summed E-state index contributed by atoms with van der Waals surface area (Å²) in [7, 11) is -3.21.